The predicted molar refractivity (Wildman–Crippen MR) is 329 cm³/mol. The van der Waals surface area contributed by atoms with E-state index >= 15 is 0 Å². The number of primary amides is 1. The van der Waals surface area contributed by atoms with Gasteiger partial charge in [-0.05, 0) is 132 Å². The zero-order valence-electron chi connectivity index (χ0n) is 50.0. The van der Waals surface area contributed by atoms with E-state index in [9.17, 15) is 24.3 Å². The van der Waals surface area contributed by atoms with Crippen LogP contribution >= 0.6 is 0 Å². The van der Waals surface area contributed by atoms with Crippen molar-refractivity contribution >= 4 is 23.9 Å². The van der Waals surface area contributed by atoms with E-state index in [0.29, 0.717) is 47.1 Å². The number of carboxylic acids is 1. The van der Waals surface area contributed by atoms with Gasteiger partial charge in [-0.25, -0.2) is 19.6 Å². The van der Waals surface area contributed by atoms with Gasteiger partial charge in [-0.3, -0.25) is 14.9 Å². The second kappa shape index (κ2) is 26.1. The SMILES string of the molecule is COc1ccc(CNC(=O)NC(=O)C(C)(C)[C@H]2c3ccccc3Oc3nc(-c4ccc(-n5nnnc5C)cc4)ccc32)cc1.COc1ccc(CNC(N)=O)cc1.Cc1nnnn1-c1ccc(-c2ccc3c(n2)Oc2ccccc2[C@@H]3C(C)(C)C(=O)O)cc1. The molecule has 2 aliphatic rings. The number of fused-ring (bicyclic) bond motifs is 4. The topological polar surface area (TPSA) is 301 Å². The fourth-order valence-electron chi connectivity index (χ4n) is 10.5. The van der Waals surface area contributed by atoms with Gasteiger partial charge in [-0.1, -0.05) is 111 Å². The van der Waals surface area contributed by atoms with Gasteiger partial charge in [0.05, 0.1) is 47.8 Å². The standard InChI is InChI=1S/C33H31N7O4.C24H21N5O3.C9H12N2O2/c1-20-37-38-39-40(20)23-13-11-22(12-14-23)27-18-17-26-29(25-7-5-6-8-28(25)44-30(26)35-27)33(2,3)31(41)36-32(42)34-19-21-9-15-24(43-4)16-10-21;1-14-26-27-28-29(14)16-10-8-15(9-11-16)19-13-12-18-21(24(2,3)23(30)31)17-6-4-5-7-20(17)32-22(18)25-19;1-13-8-4-2-7(3-5-8)6-11-9(10)12/h5-18,29H,19H2,1-4H3,(H2,34,36,41,42);4-13,21H,1-3H3,(H,30,31);2-5H,6H2,1H3,(H3,10,11,12)/t29-;21-;/m00./s1. The smallest absolute Gasteiger partial charge is 0.321 e. The van der Waals surface area contributed by atoms with Gasteiger partial charge in [-0.2, -0.15) is 9.36 Å². The molecule has 6 aromatic carbocycles. The van der Waals surface area contributed by atoms with E-state index in [0.717, 1.165) is 73.1 Å². The first-order chi connectivity index (χ1) is 42.8. The highest BCUT2D eigenvalue weighted by Gasteiger charge is 2.46. The molecule has 6 N–H and O–H groups in total. The number of methoxy groups -OCH3 is 2. The molecule has 452 valence electrons. The monoisotopic (exact) mass is 1200 g/mol. The number of tetrazole rings is 2. The number of aliphatic carboxylic acids is 1. The van der Waals surface area contributed by atoms with Gasteiger partial charge < -0.3 is 40.4 Å². The molecule has 6 heterocycles. The quantitative estimate of drug-likeness (QED) is 0.0676. The minimum atomic E-state index is -1.04. The van der Waals surface area contributed by atoms with Crippen molar-refractivity contribution in [3.05, 3.63) is 215 Å². The number of pyridine rings is 2. The average Bonchev–Trinajstić information content (AvgIpc) is 1.24. The normalized spacial score (nSPS) is 13.5. The van der Waals surface area contributed by atoms with Crippen molar-refractivity contribution in [3.8, 4) is 68.6 Å². The summed E-state index contributed by atoms with van der Waals surface area (Å²) in [6.45, 7) is 11.5. The number of benzene rings is 6. The fourth-order valence-corrected chi connectivity index (χ4v) is 10.5. The third-order valence-corrected chi connectivity index (χ3v) is 15.4. The molecule has 0 spiro atoms. The Morgan fingerprint density at radius 1 is 0.539 bits per heavy atom. The van der Waals surface area contributed by atoms with E-state index in [1.807, 2.05) is 198 Å². The molecule has 23 heteroatoms. The molecule has 0 saturated carbocycles. The van der Waals surface area contributed by atoms with Gasteiger partial charge in [0.1, 0.15) is 23.0 Å². The number of aryl methyl sites for hydroxylation is 2. The number of nitrogens with two attached hydrogens (primary N) is 1. The second-order valence-corrected chi connectivity index (χ2v) is 22.0. The number of imide groups is 1. The molecule has 0 fully saturated rings. The van der Waals surface area contributed by atoms with Crippen molar-refractivity contribution in [3.63, 3.8) is 0 Å². The van der Waals surface area contributed by atoms with Gasteiger partial charge in [-0.15, -0.1) is 10.2 Å². The maximum atomic E-state index is 13.7. The van der Waals surface area contributed by atoms with Crippen molar-refractivity contribution in [1.29, 1.82) is 0 Å². The number of rotatable bonds is 14. The Morgan fingerprint density at radius 3 is 1.35 bits per heavy atom. The van der Waals surface area contributed by atoms with Crippen LogP contribution in [0.5, 0.6) is 34.8 Å². The van der Waals surface area contributed by atoms with E-state index in [1.165, 1.54) is 0 Å². The zero-order valence-corrected chi connectivity index (χ0v) is 50.0. The second-order valence-electron chi connectivity index (χ2n) is 22.0. The molecule has 12 rings (SSSR count). The summed E-state index contributed by atoms with van der Waals surface area (Å²) in [5.41, 5.74) is 12.8. The highest BCUT2D eigenvalue weighted by atomic mass is 16.5. The summed E-state index contributed by atoms with van der Waals surface area (Å²) in [4.78, 5) is 58.5. The van der Waals surface area contributed by atoms with E-state index in [2.05, 4.69) is 47.0 Å². The molecule has 2 atom stereocenters. The summed E-state index contributed by atoms with van der Waals surface area (Å²) < 4.78 is 25.8. The summed E-state index contributed by atoms with van der Waals surface area (Å²) >= 11 is 0. The minimum absolute atomic E-state index is 0.259. The largest absolute Gasteiger partial charge is 0.497 e. The van der Waals surface area contributed by atoms with Crippen LogP contribution < -0.4 is 40.6 Å². The number of hydrogen-bond donors (Lipinski definition) is 5. The van der Waals surface area contributed by atoms with Crippen LogP contribution in [0.1, 0.15) is 84.6 Å². The zero-order chi connectivity index (χ0) is 63.0. The molecule has 10 aromatic rings. The lowest BCUT2D eigenvalue weighted by Crippen LogP contribution is -2.48. The van der Waals surface area contributed by atoms with Crippen molar-refractivity contribution in [2.45, 2.75) is 66.5 Å². The number of amides is 5. The van der Waals surface area contributed by atoms with Crippen molar-refractivity contribution in [2.24, 2.45) is 16.6 Å². The number of carbonyl (C=O) groups excluding carboxylic acids is 3. The molecule has 0 radical (unpaired) electrons. The van der Waals surface area contributed by atoms with Crippen molar-refractivity contribution in [1.82, 2.24) is 66.3 Å². The van der Waals surface area contributed by atoms with Crippen LogP contribution in [-0.4, -0.2) is 93.6 Å². The molecule has 4 aromatic heterocycles. The number of hydrogen-bond acceptors (Lipinski definition) is 16. The average molecular weight is 1200 g/mol. The molecule has 0 aliphatic carbocycles. The van der Waals surface area contributed by atoms with Gasteiger partial charge in [0.2, 0.25) is 17.7 Å². The summed E-state index contributed by atoms with van der Waals surface area (Å²) in [6.07, 6.45) is 0. The molecule has 89 heavy (non-hydrogen) atoms. The number of ether oxygens (including phenoxy) is 4. The number of nitrogens with one attached hydrogen (secondary N) is 3. The van der Waals surface area contributed by atoms with Crippen LogP contribution in [0.15, 0.2) is 170 Å². The maximum absolute atomic E-state index is 13.7. The first kappa shape index (κ1) is 60.8. The van der Waals surface area contributed by atoms with Crippen LogP contribution in [0.3, 0.4) is 0 Å². The third kappa shape index (κ3) is 13.4. The summed E-state index contributed by atoms with van der Waals surface area (Å²) in [7, 11) is 3.20. The highest BCUT2D eigenvalue weighted by Crippen LogP contribution is 2.53. The number of carboxylic acid groups (broad SMARTS) is 1. The molecular formula is C66H64N14O9. The van der Waals surface area contributed by atoms with Gasteiger partial charge in [0, 0.05) is 58.3 Å². The Bertz CT molecular complexity index is 4190. The Kier molecular flexibility index (Phi) is 17.8. The minimum Gasteiger partial charge on any atom is -0.497 e. The van der Waals surface area contributed by atoms with Crippen LogP contribution in [-0.2, 0) is 22.7 Å². The molecular weight excluding hydrogens is 1130 g/mol. The summed E-state index contributed by atoms with van der Waals surface area (Å²) in [5, 5.41) is 41.0. The van der Waals surface area contributed by atoms with E-state index in [-0.39, 0.29) is 12.5 Å². The van der Waals surface area contributed by atoms with E-state index < -0.39 is 40.7 Å². The molecule has 5 amide bonds. The lowest BCUT2D eigenvalue weighted by molar-refractivity contribution is -0.147. The Labute approximate surface area is 512 Å². The van der Waals surface area contributed by atoms with Crippen LogP contribution in [0, 0.1) is 24.7 Å². The van der Waals surface area contributed by atoms with E-state index in [1.54, 1.807) is 37.4 Å². The predicted octanol–water partition coefficient (Wildman–Crippen LogP) is 10.6. The molecule has 0 saturated heterocycles. The summed E-state index contributed by atoms with van der Waals surface area (Å²) in [5.74, 6) is 2.89. The fraction of sp³-hybridized carbons (Fsp3) is 0.212. The first-order valence-corrected chi connectivity index (χ1v) is 28.2. The van der Waals surface area contributed by atoms with Gasteiger partial charge in [0.15, 0.2) is 11.6 Å². The third-order valence-electron chi connectivity index (χ3n) is 15.4. The van der Waals surface area contributed by atoms with E-state index in [4.69, 9.17) is 34.6 Å². The lowest BCUT2D eigenvalue weighted by atomic mass is 9.69. The van der Waals surface area contributed by atoms with Crippen LogP contribution in [0.2, 0.25) is 0 Å². The molecule has 23 nitrogen and oxygen atoms in total. The number of carbonyl (C=O) groups is 4. The Hall–Kier alpha value is -11.4. The van der Waals surface area contributed by atoms with Gasteiger partial charge >= 0.3 is 18.0 Å². The Balaban J connectivity index is 0.000000169. The number of urea groups is 2. The van der Waals surface area contributed by atoms with Crippen LogP contribution in [0.25, 0.3) is 33.9 Å². The summed E-state index contributed by atoms with van der Waals surface area (Å²) in [6, 6.07) is 51.9. The van der Waals surface area contributed by atoms with Crippen molar-refractivity contribution in [2.75, 3.05) is 14.2 Å². The number of nitrogens with zero attached hydrogens (tertiary/aromatic N) is 10. The molecule has 0 unspecified atom stereocenters. The molecule has 2 aliphatic heterocycles. The molecule has 0 bridgehead atoms. The highest BCUT2D eigenvalue weighted by molar-refractivity contribution is 5.98. The van der Waals surface area contributed by atoms with Crippen LogP contribution in [0.4, 0.5) is 9.59 Å². The van der Waals surface area contributed by atoms with Crippen molar-refractivity contribution < 1.29 is 43.2 Å². The number of aromatic nitrogens is 10. The van der Waals surface area contributed by atoms with Gasteiger partial charge in [0.25, 0.3) is 0 Å². The first-order valence-electron chi connectivity index (χ1n) is 28.2. The number of para-hydroxylation sites is 2. The lowest BCUT2D eigenvalue weighted by Gasteiger charge is -2.37. The maximum Gasteiger partial charge on any atom is 0.321 e. The Morgan fingerprint density at radius 2 is 0.955 bits per heavy atom.